The van der Waals surface area contributed by atoms with Crippen molar-refractivity contribution in [3.8, 4) is 0 Å². The number of carboxylic acids is 1. The van der Waals surface area contributed by atoms with Crippen LogP contribution < -0.4 is 0 Å². The summed E-state index contributed by atoms with van der Waals surface area (Å²) in [5.41, 5.74) is -1.01. The van der Waals surface area contributed by atoms with Crippen molar-refractivity contribution in [1.82, 2.24) is 0 Å². The van der Waals surface area contributed by atoms with Crippen LogP contribution in [0.2, 0.25) is 0 Å². The highest BCUT2D eigenvalue weighted by atomic mass is 19.4. The molecule has 0 radical (unpaired) electrons. The molecule has 1 heterocycles. The topological polar surface area (TPSA) is 55.8 Å². The second-order valence-electron chi connectivity index (χ2n) is 5.94. The number of alkyl halides is 3. The molecule has 1 aliphatic heterocycles. The van der Waals surface area contributed by atoms with Gasteiger partial charge < -0.3 is 14.6 Å². The first-order valence-electron chi connectivity index (χ1n) is 8.11. The number of carbonyl (C=O) groups is 1. The van der Waals surface area contributed by atoms with Gasteiger partial charge in [-0.3, -0.25) is 0 Å². The molecule has 25 heavy (non-hydrogen) atoms. The molecule has 1 N–H and O–H groups in total. The van der Waals surface area contributed by atoms with E-state index in [2.05, 4.69) is 0 Å². The van der Waals surface area contributed by atoms with Gasteiger partial charge in [0.05, 0.1) is 13.2 Å². The predicted molar refractivity (Wildman–Crippen MR) is 85.1 cm³/mol. The third-order valence-electron chi connectivity index (χ3n) is 4.19. The first kappa shape index (κ1) is 19.5. The minimum atomic E-state index is -4.96. The molecule has 1 unspecified atom stereocenters. The molecular formula is C18H21F3O4. The lowest BCUT2D eigenvalue weighted by atomic mass is 9.78. The molecule has 1 saturated heterocycles. The Morgan fingerprint density at radius 3 is 2.32 bits per heavy atom. The van der Waals surface area contributed by atoms with E-state index in [-0.39, 0.29) is 25.6 Å². The second kappa shape index (κ2) is 8.49. The Bertz CT molecular complexity index is 604. The van der Waals surface area contributed by atoms with Crippen LogP contribution in [-0.4, -0.2) is 37.3 Å². The maximum atomic E-state index is 13.6. The average molecular weight is 358 g/mol. The minimum Gasteiger partial charge on any atom is -0.478 e. The number of hydrogen-bond donors (Lipinski definition) is 1. The molecule has 1 aromatic rings. The summed E-state index contributed by atoms with van der Waals surface area (Å²) in [6.07, 6.45) is -3.94. The van der Waals surface area contributed by atoms with Crippen LogP contribution in [0, 0.1) is 5.92 Å². The first-order chi connectivity index (χ1) is 11.9. The molecule has 0 bridgehead atoms. The highest BCUT2D eigenvalue weighted by Crippen LogP contribution is 2.42. The fourth-order valence-corrected chi connectivity index (χ4v) is 3.21. The summed E-state index contributed by atoms with van der Waals surface area (Å²) in [5, 5.41) is 9.31. The van der Waals surface area contributed by atoms with Gasteiger partial charge in [0.15, 0.2) is 0 Å². The van der Waals surface area contributed by atoms with Crippen LogP contribution in [-0.2, 0) is 14.3 Å². The predicted octanol–water partition coefficient (Wildman–Crippen LogP) is 4.13. The fraction of sp³-hybridized carbons (Fsp3) is 0.500. The molecule has 2 rings (SSSR count). The largest absolute Gasteiger partial charge is 0.478 e. The Kier molecular flexibility index (Phi) is 6.61. The summed E-state index contributed by atoms with van der Waals surface area (Å²) in [6, 6.07) is 8.68. The molecule has 0 aromatic heterocycles. The summed E-state index contributed by atoms with van der Waals surface area (Å²) in [7, 11) is 0. The van der Waals surface area contributed by atoms with Gasteiger partial charge in [0, 0.05) is 11.8 Å². The van der Waals surface area contributed by atoms with Gasteiger partial charge in [-0.05, 0) is 17.6 Å². The van der Waals surface area contributed by atoms with Crippen molar-refractivity contribution in [3.05, 3.63) is 47.0 Å². The zero-order valence-corrected chi connectivity index (χ0v) is 13.9. The van der Waals surface area contributed by atoms with Gasteiger partial charge in [-0.1, -0.05) is 43.7 Å². The van der Waals surface area contributed by atoms with Crippen LogP contribution in [0.3, 0.4) is 0 Å². The van der Waals surface area contributed by atoms with E-state index in [0.717, 1.165) is 0 Å². The zero-order chi connectivity index (χ0) is 18.4. The van der Waals surface area contributed by atoms with Crippen molar-refractivity contribution >= 4 is 5.97 Å². The highest BCUT2D eigenvalue weighted by Gasteiger charge is 2.45. The standard InChI is InChI=1S/C18H21F3O4/c1-2-6-14(12-7-4-3-5-8-12)15(13-9-24-11-25-10-13)16(17(22)23)18(19,20)21/h3-5,7-8,13-14H,2,6,9-11H2,1H3,(H,22,23). The average Bonchev–Trinajstić information content (AvgIpc) is 2.58. The molecule has 4 nitrogen and oxygen atoms in total. The van der Waals surface area contributed by atoms with Crippen molar-refractivity contribution < 1.29 is 32.5 Å². The van der Waals surface area contributed by atoms with Crippen molar-refractivity contribution in [2.24, 2.45) is 5.92 Å². The van der Waals surface area contributed by atoms with E-state index in [1.54, 1.807) is 30.3 Å². The Morgan fingerprint density at radius 2 is 1.84 bits per heavy atom. The summed E-state index contributed by atoms with van der Waals surface area (Å²) in [5.74, 6) is -3.38. The van der Waals surface area contributed by atoms with Crippen LogP contribution in [0.25, 0.3) is 0 Å². The third kappa shape index (κ3) is 4.83. The van der Waals surface area contributed by atoms with Gasteiger partial charge in [-0.2, -0.15) is 13.2 Å². The SMILES string of the molecule is CCCC(C(=C(C(=O)O)C(F)(F)F)C1COCOC1)c1ccccc1. The quantitative estimate of drug-likeness (QED) is 0.777. The fourth-order valence-electron chi connectivity index (χ4n) is 3.21. The summed E-state index contributed by atoms with van der Waals surface area (Å²) in [6.45, 7) is 1.88. The van der Waals surface area contributed by atoms with Gasteiger partial charge in [0.2, 0.25) is 0 Å². The van der Waals surface area contributed by atoms with Gasteiger partial charge in [-0.15, -0.1) is 0 Å². The maximum absolute atomic E-state index is 13.6. The third-order valence-corrected chi connectivity index (χ3v) is 4.19. The van der Waals surface area contributed by atoms with Crippen molar-refractivity contribution in [2.75, 3.05) is 20.0 Å². The number of hydrogen-bond acceptors (Lipinski definition) is 3. The smallest absolute Gasteiger partial charge is 0.423 e. The summed E-state index contributed by atoms with van der Waals surface area (Å²) >= 11 is 0. The lowest BCUT2D eigenvalue weighted by molar-refractivity contribution is -0.146. The monoisotopic (exact) mass is 358 g/mol. The Hall–Kier alpha value is -1.86. The molecular weight excluding hydrogens is 337 g/mol. The lowest BCUT2D eigenvalue weighted by Crippen LogP contribution is -2.33. The minimum absolute atomic E-state index is 0.00197. The second-order valence-corrected chi connectivity index (χ2v) is 5.94. The molecule has 1 aromatic carbocycles. The molecule has 0 amide bonds. The summed E-state index contributed by atoms with van der Waals surface area (Å²) < 4.78 is 51.0. The van der Waals surface area contributed by atoms with E-state index in [1.807, 2.05) is 6.92 Å². The number of rotatable bonds is 6. The van der Waals surface area contributed by atoms with E-state index >= 15 is 0 Å². The molecule has 0 spiro atoms. The molecule has 1 aliphatic rings. The Labute approximate surface area is 144 Å². The van der Waals surface area contributed by atoms with Crippen molar-refractivity contribution in [3.63, 3.8) is 0 Å². The van der Waals surface area contributed by atoms with Crippen LogP contribution in [0.15, 0.2) is 41.5 Å². The van der Waals surface area contributed by atoms with Crippen LogP contribution in [0.5, 0.6) is 0 Å². The van der Waals surface area contributed by atoms with Crippen LogP contribution in [0.1, 0.15) is 31.2 Å². The molecule has 7 heteroatoms. The number of benzene rings is 1. The van der Waals surface area contributed by atoms with E-state index in [0.29, 0.717) is 18.4 Å². The van der Waals surface area contributed by atoms with Gasteiger partial charge >= 0.3 is 12.1 Å². The molecule has 138 valence electrons. The van der Waals surface area contributed by atoms with E-state index < -0.39 is 29.6 Å². The zero-order valence-electron chi connectivity index (χ0n) is 13.9. The van der Waals surface area contributed by atoms with Gasteiger partial charge in [-0.25, -0.2) is 4.79 Å². The molecule has 1 fully saturated rings. The lowest BCUT2D eigenvalue weighted by Gasteiger charge is -2.32. The number of aliphatic carboxylic acids is 1. The van der Waals surface area contributed by atoms with Crippen LogP contribution >= 0.6 is 0 Å². The normalized spacial score (nSPS) is 18.6. The van der Waals surface area contributed by atoms with Gasteiger partial charge in [0.1, 0.15) is 12.4 Å². The highest BCUT2D eigenvalue weighted by molar-refractivity contribution is 5.89. The number of ether oxygens (including phenoxy) is 2. The van der Waals surface area contributed by atoms with Crippen molar-refractivity contribution in [2.45, 2.75) is 31.9 Å². The number of halogens is 3. The Morgan fingerprint density at radius 1 is 1.24 bits per heavy atom. The van der Waals surface area contributed by atoms with E-state index in [4.69, 9.17) is 9.47 Å². The maximum Gasteiger partial charge on any atom is 0.423 e. The first-order valence-corrected chi connectivity index (χ1v) is 8.11. The summed E-state index contributed by atoms with van der Waals surface area (Å²) in [4.78, 5) is 11.5. The van der Waals surface area contributed by atoms with E-state index in [9.17, 15) is 23.1 Å². The number of carboxylic acid groups (broad SMARTS) is 1. The Balaban J connectivity index is 2.64. The van der Waals surface area contributed by atoms with E-state index in [1.165, 1.54) is 0 Å². The molecule has 1 atom stereocenters. The van der Waals surface area contributed by atoms with Crippen molar-refractivity contribution in [1.29, 1.82) is 0 Å². The van der Waals surface area contributed by atoms with Crippen LogP contribution in [0.4, 0.5) is 13.2 Å². The van der Waals surface area contributed by atoms with Gasteiger partial charge in [0.25, 0.3) is 0 Å². The molecule has 0 aliphatic carbocycles. The molecule has 0 saturated carbocycles.